The van der Waals surface area contributed by atoms with Crippen molar-refractivity contribution in [3.05, 3.63) is 17.5 Å². The number of rotatable bonds is 6. The van der Waals surface area contributed by atoms with E-state index in [-0.39, 0.29) is 23.3 Å². The molecule has 0 fully saturated rings. The molecular weight excluding hydrogens is 388 g/mol. The summed E-state index contributed by atoms with van der Waals surface area (Å²) in [6.07, 6.45) is 0. The number of nitrogens with zero attached hydrogens (tertiary/aromatic N) is 4. The number of amides is 2. The monoisotopic (exact) mass is 404 g/mol. The molecule has 1 aliphatic heterocycles. The van der Waals surface area contributed by atoms with E-state index in [9.17, 15) is 27.7 Å². The zero-order chi connectivity index (χ0) is 20.5. The first-order chi connectivity index (χ1) is 12.5. The van der Waals surface area contributed by atoms with Gasteiger partial charge in [-0.3, -0.25) is 15.0 Å². The van der Waals surface area contributed by atoms with Crippen LogP contribution in [0.3, 0.4) is 0 Å². The minimum absolute atomic E-state index is 0.00722. The summed E-state index contributed by atoms with van der Waals surface area (Å²) in [6, 6.07) is 0.102. The number of carboxylic acid groups (broad SMARTS) is 1. The van der Waals surface area contributed by atoms with Gasteiger partial charge in [-0.05, 0) is 0 Å². The van der Waals surface area contributed by atoms with Crippen LogP contribution in [0.2, 0.25) is 0 Å². The lowest BCUT2D eigenvalue weighted by molar-refractivity contribution is -0.133. The second-order valence-corrected chi connectivity index (χ2v) is 6.53. The fourth-order valence-corrected chi connectivity index (χ4v) is 3.35. The van der Waals surface area contributed by atoms with Crippen molar-refractivity contribution in [1.29, 1.82) is 0 Å². The Bertz CT molecular complexity index is 894. The lowest BCUT2D eigenvalue weighted by atomic mass is 10.2. The first kappa shape index (κ1) is 20.1. The molecule has 27 heavy (non-hydrogen) atoms. The fraction of sp³-hybridized carbons (Fsp3) is 0.333. The number of aromatic nitrogens is 2. The summed E-state index contributed by atoms with van der Waals surface area (Å²) < 4.78 is 43.1. The molecule has 1 aromatic rings. The molecule has 0 radical (unpaired) electrons. The molecule has 0 aromatic carbocycles. The van der Waals surface area contributed by atoms with Gasteiger partial charge in [0.1, 0.15) is 11.3 Å². The summed E-state index contributed by atoms with van der Waals surface area (Å²) in [7, 11) is -1.26. The molecule has 15 heteroatoms. The lowest BCUT2D eigenvalue weighted by Gasteiger charge is -2.30. The number of primary amides is 1. The number of carbonyl (C=O) groups is 2. The number of ether oxygens (including phenoxy) is 2. The van der Waals surface area contributed by atoms with E-state index in [4.69, 9.17) is 15.2 Å². The number of carboxylic acids is 1. The second-order valence-electron chi connectivity index (χ2n) is 5.06. The summed E-state index contributed by atoms with van der Waals surface area (Å²) in [5, 5.41) is 8.77. The Morgan fingerprint density at radius 2 is 1.78 bits per heavy atom. The summed E-state index contributed by atoms with van der Waals surface area (Å²) >= 11 is 0. The lowest BCUT2D eigenvalue weighted by Crippen LogP contribution is -2.56. The number of carbonyl (C=O) groups excluding carboxylic acids is 1. The first-order valence-electron chi connectivity index (χ1n) is 7.01. The summed E-state index contributed by atoms with van der Waals surface area (Å²) in [4.78, 5) is 30.9. The molecule has 1 aliphatic rings. The molecule has 5 N–H and O–H groups in total. The smallest absolute Gasteiger partial charge is 0.336 e. The van der Waals surface area contributed by atoms with Crippen LogP contribution >= 0.6 is 0 Å². The Morgan fingerprint density at radius 1 is 1.26 bits per heavy atom. The number of nitrogens with two attached hydrogens (primary N) is 1. The molecule has 0 saturated carbocycles. The molecule has 14 nitrogen and oxygen atoms in total. The quantitative estimate of drug-likeness (QED) is 0.390. The largest absolute Gasteiger partial charge is 0.481 e. The molecule has 2 heterocycles. The molecule has 0 aliphatic carbocycles. The van der Waals surface area contributed by atoms with Crippen molar-refractivity contribution >= 4 is 27.8 Å². The summed E-state index contributed by atoms with van der Waals surface area (Å²) in [6.45, 7) is 0. The molecule has 0 saturated heterocycles. The van der Waals surface area contributed by atoms with Crippen molar-refractivity contribution in [2.75, 3.05) is 21.3 Å². The third kappa shape index (κ3) is 3.83. The molecule has 0 spiro atoms. The summed E-state index contributed by atoms with van der Waals surface area (Å²) in [5.74, 6) is -2.02. The number of hydrogen-bond donors (Lipinski definition) is 4. The van der Waals surface area contributed by atoms with Crippen LogP contribution in [0.5, 0.6) is 11.8 Å². The van der Waals surface area contributed by atoms with E-state index in [1.165, 1.54) is 27.3 Å². The van der Waals surface area contributed by atoms with Gasteiger partial charge in [-0.15, -0.1) is 5.12 Å². The molecule has 1 unspecified atom stereocenters. The highest BCUT2D eigenvalue weighted by atomic mass is 32.2. The van der Waals surface area contributed by atoms with Gasteiger partial charge in [-0.25, -0.2) is 9.59 Å². The van der Waals surface area contributed by atoms with Crippen LogP contribution in [-0.4, -0.2) is 76.8 Å². The minimum Gasteiger partial charge on any atom is -0.481 e. The first-order valence-corrected chi connectivity index (χ1v) is 8.51. The van der Waals surface area contributed by atoms with E-state index in [0.29, 0.717) is 5.12 Å². The molecular formula is C12H16N6O8S. The predicted octanol–water partition coefficient (Wildman–Crippen LogP) is -1.75. The number of methoxy groups -OCH3 is 2. The topological polar surface area (TPSA) is 198 Å². The van der Waals surface area contributed by atoms with Crippen LogP contribution in [0.1, 0.15) is 5.82 Å². The van der Waals surface area contributed by atoms with E-state index in [0.717, 1.165) is 5.01 Å². The van der Waals surface area contributed by atoms with Crippen LogP contribution in [0, 0.1) is 0 Å². The van der Waals surface area contributed by atoms with E-state index >= 15 is 0 Å². The fourth-order valence-electron chi connectivity index (χ4n) is 2.39. The van der Waals surface area contributed by atoms with Crippen molar-refractivity contribution < 1.29 is 37.1 Å². The normalized spacial score (nSPS) is 17.8. The van der Waals surface area contributed by atoms with Gasteiger partial charge in [-0.2, -0.15) is 18.4 Å². The Balaban J connectivity index is 2.79. The molecule has 0 bridgehead atoms. The SMILES string of the molecule is COc1cc(OC)nc(C2=C(C(=O)O)C(S(=O)(=O)O)N(NC(N)=O)N2C)n1. The van der Waals surface area contributed by atoms with Crippen molar-refractivity contribution in [1.82, 2.24) is 25.5 Å². The van der Waals surface area contributed by atoms with E-state index < -0.39 is 33.1 Å². The number of hydrogen-bond acceptors (Lipinski definition) is 10. The van der Waals surface area contributed by atoms with Crippen LogP contribution < -0.4 is 20.6 Å². The van der Waals surface area contributed by atoms with Crippen LogP contribution in [0.15, 0.2) is 11.6 Å². The zero-order valence-electron chi connectivity index (χ0n) is 14.3. The zero-order valence-corrected chi connectivity index (χ0v) is 15.1. The number of nitrogens with one attached hydrogen (secondary N) is 1. The maximum Gasteiger partial charge on any atom is 0.336 e. The van der Waals surface area contributed by atoms with Gasteiger partial charge in [0.15, 0.2) is 5.82 Å². The third-order valence-corrected chi connectivity index (χ3v) is 4.42. The highest BCUT2D eigenvalue weighted by molar-refractivity contribution is 7.86. The number of aliphatic carboxylic acids is 1. The van der Waals surface area contributed by atoms with Gasteiger partial charge >= 0.3 is 12.0 Å². The van der Waals surface area contributed by atoms with Gasteiger partial charge in [-0.1, -0.05) is 0 Å². The number of hydrazine groups is 2. The second kappa shape index (κ2) is 7.22. The highest BCUT2D eigenvalue weighted by Crippen LogP contribution is 2.35. The molecule has 2 rings (SSSR count). The van der Waals surface area contributed by atoms with Crippen molar-refractivity contribution in [2.45, 2.75) is 5.37 Å². The Hall–Kier alpha value is -3.17. The summed E-state index contributed by atoms with van der Waals surface area (Å²) in [5.41, 5.74) is 5.75. The van der Waals surface area contributed by atoms with Gasteiger partial charge < -0.3 is 20.3 Å². The average molecular weight is 404 g/mol. The van der Waals surface area contributed by atoms with Crippen LogP contribution in [-0.2, 0) is 14.9 Å². The third-order valence-electron chi connectivity index (χ3n) is 3.42. The highest BCUT2D eigenvalue weighted by Gasteiger charge is 2.50. The van der Waals surface area contributed by atoms with Crippen molar-refractivity contribution in [3.63, 3.8) is 0 Å². The Kier molecular flexibility index (Phi) is 5.38. The van der Waals surface area contributed by atoms with Gasteiger partial charge in [0.2, 0.25) is 17.1 Å². The van der Waals surface area contributed by atoms with Crippen LogP contribution in [0.25, 0.3) is 5.70 Å². The van der Waals surface area contributed by atoms with Crippen molar-refractivity contribution in [3.8, 4) is 11.8 Å². The van der Waals surface area contributed by atoms with Gasteiger partial charge in [0, 0.05) is 7.05 Å². The molecule has 2 amide bonds. The van der Waals surface area contributed by atoms with Crippen LogP contribution in [0.4, 0.5) is 4.79 Å². The van der Waals surface area contributed by atoms with Gasteiger partial charge in [0.25, 0.3) is 10.1 Å². The maximum absolute atomic E-state index is 11.8. The minimum atomic E-state index is -5.04. The average Bonchev–Trinajstić information content (AvgIpc) is 2.86. The molecule has 148 valence electrons. The Labute approximate surface area is 152 Å². The molecule has 1 atom stereocenters. The van der Waals surface area contributed by atoms with Crippen molar-refractivity contribution in [2.24, 2.45) is 5.73 Å². The maximum atomic E-state index is 11.8. The standard InChI is InChI=1S/C12H16N6O8S/c1-17-8(9-14-5(25-2)4-6(15-9)26-3)7(11(19)20)10(27(22,23)24)18(17)16-12(13)21/h4,10H,1-3H3,(H,19,20)(H3,13,16,21)(H,22,23,24). The number of urea groups is 1. The van der Waals surface area contributed by atoms with Gasteiger partial charge in [0.05, 0.1) is 20.3 Å². The molecule has 1 aromatic heterocycles. The van der Waals surface area contributed by atoms with E-state index in [2.05, 4.69) is 9.97 Å². The Morgan fingerprint density at radius 3 is 2.15 bits per heavy atom. The predicted molar refractivity (Wildman–Crippen MR) is 87.3 cm³/mol. The van der Waals surface area contributed by atoms with E-state index in [1.807, 2.05) is 5.43 Å². The van der Waals surface area contributed by atoms with E-state index in [1.54, 1.807) is 0 Å².